The molecule has 3 aliphatic rings. The maximum absolute atomic E-state index is 12.9. The molecule has 2 aliphatic heterocycles. The first-order valence-corrected chi connectivity index (χ1v) is 13.2. The highest BCUT2D eigenvalue weighted by molar-refractivity contribution is 5.95. The van der Waals surface area contributed by atoms with Crippen molar-refractivity contribution >= 4 is 35.3 Å². The predicted octanol–water partition coefficient (Wildman–Crippen LogP) is 5.11. The molecule has 0 bridgehead atoms. The highest BCUT2D eigenvalue weighted by Gasteiger charge is 2.32. The Morgan fingerprint density at radius 1 is 0.833 bits per heavy atom. The van der Waals surface area contributed by atoms with Gasteiger partial charge in [0.25, 0.3) is 0 Å². The van der Waals surface area contributed by atoms with Crippen molar-refractivity contribution in [1.82, 2.24) is 5.06 Å². The highest BCUT2D eigenvalue weighted by atomic mass is 16.7. The molecular formula is C29H35N3O4. The number of amides is 2. The van der Waals surface area contributed by atoms with Crippen LogP contribution in [0.4, 0.5) is 11.4 Å². The van der Waals surface area contributed by atoms with E-state index < -0.39 is 0 Å². The van der Waals surface area contributed by atoms with Crippen LogP contribution >= 0.6 is 0 Å². The lowest BCUT2D eigenvalue weighted by Gasteiger charge is -2.24. The van der Waals surface area contributed by atoms with E-state index in [1.165, 1.54) is 0 Å². The summed E-state index contributed by atoms with van der Waals surface area (Å²) in [6.07, 6.45) is 11.2. The molecule has 2 aromatic rings. The topological polar surface area (TPSA) is 79.9 Å². The van der Waals surface area contributed by atoms with Gasteiger partial charge in [0.1, 0.15) is 6.04 Å². The van der Waals surface area contributed by atoms with Crippen molar-refractivity contribution in [3.05, 3.63) is 59.7 Å². The monoisotopic (exact) mass is 489 g/mol. The van der Waals surface area contributed by atoms with E-state index in [0.717, 1.165) is 80.6 Å². The van der Waals surface area contributed by atoms with E-state index in [4.69, 9.17) is 9.57 Å². The number of nitrogens with one attached hydrogen (secondary N) is 2. The van der Waals surface area contributed by atoms with Gasteiger partial charge in [-0.2, -0.15) is 5.06 Å². The number of carbonyl (C=O) groups is 2. The molecule has 1 saturated carbocycles. The summed E-state index contributed by atoms with van der Waals surface area (Å²) in [4.78, 5) is 30.9. The van der Waals surface area contributed by atoms with Crippen molar-refractivity contribution < 1.29 is 19.2 Å². The van der Waals surface area contributed by atoms with Crippen molar-refractivity contribution in [1.29, 1.82) is 0 Å². The first kappa shape index (κ1) is 24.7. The average molecular weight is 490 g/mol. The zero-order valence-electron chi connectivity index (χ0n) is 20.7. The zero-order chi connectivity index (χ0) is 24.7. The van der Waals surface area contributed by atoms with Crippen LogP contribution in [-0.4, -0.2) is 48.8 Å². The van der Waals surface area contributed by atoms with Gasteiger partial charge in [0.2, 0.25) is 11.8 Å². The Bertz CT molecular complexity index is 1060. The summed E-state index contributed by atoms with van der Waals surface area (Å²) in [5.74, 6) is 0.274. The third kappa shape index (κ3) is 6.40. The summed E-state index contributed by atoms with van der Waals surface area (Å²) in [7, 11) is 0. The SMILES string of the molecule is O=C(Nc1ccc(/C=C/c2ccc(NC(=O)[C@@H]3CCCN3OC[C@H]3CCCO3)cc2)cc1)C1CCC1. The molecule has 0 radical (unpaired) electrons. The molecule has 7 nitrogen and oxygen atoms in total. The van der Waals surface area contributed by atoms with Gasteiger partial charge in [0.15, 0.2) is 0 Å². The maximum atomic E-state index is 12.9. The molecule has 36 heavy (non-hydrogen) atoms. The van der Waals surface area contributed by atoms with E-state index in [1.807, 2.05) is 65.7 Å². The molecule has 2 amide bonds. The van der Waals surface area contributed by atoms with Gasteiger partial charge < -0.3 is 15.4 Å². The van der Waals surface area contributed by atoms with Crippen LogP contribution in [0.25, 0.3) is 12.2 Å². The number of rotatable bonds is 9. The zero-order valence-corrected chi connectivity index (χ0v) is 20.7. The first-order chi connectivity index (χ1) is 17.6. The van der Waals surface area contributed by atoms with Crippen LogP contribution in [0.3, 0.4) is 0 Å². The van der Waals surface area contributed by atoms with Crippen molar-refractivity contribution in [3.8, 4) is 0 Å². The number of benzene rings is 2. The van der Waals surface area contributed by atoms with Gasteiger partial charge in [-0.3, -0.25) is 14.4 Å². The summed E-state index contributed by atoms with van der Waals surface area (Å²) in [6, 6.07) is 15.4. The molecule has 190 valence electrons. The summed E-state index contributed by atoms with van der Waals surface area (Å²) < 4.78 is 5.62. The van der Waals surface area contributed by atoms with Gasteiger partial charge in [-0.15, -0.1) is 0 Å². The van der Waals surface area contributed by atoms with Crippen LogP contribution in [0.5, 0.6) is 0 Å². The summed E-state index contributed by atoms with van der Waals surface area (Å²) >= 11 is 0. The minimum Gasteiger partial charge on any atom is -0.376 e. The molecule has 7 heteroatoms. The van der Waals surface area contributed by atoms with Crippen LogP contribution in [-0.2, 0) is 19.2 Å². The van der Waals surface area contributed by atoms with Gasteiger partial charge in [-0.05, 0) is 73.9 Å². The number of nitrogens with zero attached hydrogens (tertiary/aromatic N) is 1. The second-order valence-corrected chi connectivity index (χ2v) is 9.91. The summed E-state index contributed by atoms with van der Waals surface area (Å²) in [5.41, 5.74) is 3.70. The number of anilines is 2. The van der Waals surface area contributed by atoms with Gasteiger partial charge in [-0.25, -0.2) is 0 Å². The number of hydrogen-bond acceptors (Lipinski definition) is 5. The van der Waals surface area contributed by atoms with Crippen LogP contribution in [0, 0.1) is 5.92 Å². The van der Waals surface area contributed by atoms with Crippen molar-refractivity contribution in [2.75, 3.05) is 30.4 Å². The Morgan fingerprint density at radius 2 is 1.47 bits per heavy atom. The van der Waals surface area contributed by atoms with E-state index >= 15 is 0 Å². The number of carbonyl (C=O) groups excluding carboxylic acids is 2. The predicted molar refractivity (Wildman–Crippen MR) is 141 cm³/mol. The third-order valence-corrected chi connectivity index (χ3v) is 7.26. The van der Waals surface area contributed by atoms with Gasteiger partial charge in [0, 0.05) is 30.4 Å². The molecule has 2 saturated heterocycles. The largest absolute Gasteiger partial charge is 0.376 e. The molecule has 2 heterocycles. The minimum absolute atomic E-state index is 0.0346. The molecule has 0 unspecified atom stereocenters. The van der Waals surface area contributed by atoms with Crippen molar-refractivity contribution in [3.63, 3.8) is 0 Å². The summed E-state index contributed by atoms with van der Waals surface area (Å²) in [6.45, 7) is 2.08. The number of hydrogen-bond donors (Lipinski definition) is 2. The van der Waals surface area contributed by atoms with Crippen LogP contribution in [0.15, 0.2) is 48.5 Å². The lowest BCUT2D eigenvalue weighted by Crippen LogP contribution is -2.40. The fourth-order valence-electron chi connectivity index (χ4n) is 4.80. The summed E-state index contributed by atoms with van der Waals surface area (Å²) in [5, 5.41) is 7.84. The van der Waals surface area contributed by atoms with E-state index in [1.54, 1.807) is 0 Å². The van der Waals surface area contributed by atoms with Gasteiger partial charge in [-0.1, -0.05) is 42.8 Å². The Morgan fingerprint density at radius 3 is 2.03 bits per heavy atom. The normalized spacial score (nSPS) is 22.6. The molecule has 0 spiro atoms. The molecule has 2 atom stereocenters. The maximum Gasteiger partial charge on any atom is 0.244 e. The second-order valence-electron chi connectivity index (χ2n) is 9.91. The first-order valence-electron chi connectivity index (χ1n) is 13.2. The Labute approximate surface area is 212 Å². The highest BCUT2D eigenvalue weighted by Crippen LogP contribution is 2.28. The lowest BCUT2D eigenvalue weighted by molar-refractivity contribution is -0.189. The van der Waals surface area contributed by atoms with Crippen molar-refractivity contribution in [2.24, 2.45) is 5.92 Å². The quantitative estimate of drug-likeness (QED) is 0.479. The number of hydroxylamine groups is 2. The smallest absolute Gasteiger partial charge is 0.244 e. The Hall–Kier alpha value is -3.00. The van der Waals surface area contributed by atoms with E-state index in [0.29, 0.717) is 6.61 Å². The van der Waals surface area contributed by atoms with Crippen molar-refractivity contribution in [2.45, 2.75) is 57.1 Å². The van der Waals surface area contributed by atoms with Crippen LogP contribution in [0.1, 0.15) is 56.1 Å². The third-order valence-electron chi connectivity index (χ3n) is 7.26. The van der Waals surface area contributed by atoms with Crippen LogP contribution in [0.2, 0.25) is 0 Å². The molecule has 2 aromatic carbocycles. The number of ether oxygens (including phenoxy) is 1. The molecule has 2 N–H and O–H groups in total. The fourth-order valence-corrected chi connectivity index (χ4v) is 4.80. The van der Waals surface area contributed by atoms with Gasteiger partial charge >= 0.3 is 0 Å². The standard InChI is InChI=1S/C29H35N3O4/c33-28(23-4-1-5-23)30-24-14-10-21(11-15-24)8-9-22-12-16-25(17-13-22)31-29(34)27-7-2-18-32(27)36-20-26-6-3-19-35-26/h8-17,23,26-27H,1-7,18-20H2,(H,30,33)(H,31,34)/b9-8+/t26-,27+/m1/s1. The second kappa shape index (κ2) is 11.8. The Kier molecular flexibility index (Phi) is 8.11. The molecule has 3 fully saturated rings. The Balaban J connectivity index is 1.10. The molecule has 5 rings (SSSR count). The molecular weight excluding hydrogens is 454 g/mol. The molecule has 1 aliphatic carbocycles. The fraction of sp³-hybridized carbons (Fsp3) is 0.448. The average Bonchev–Trinajstić information content (AvgIpc) is 3.54. The minimum atomic E-state index is -0.271. The van der Waals surface area contributed by atoms with E-state index in [2.05, 4.69) is 10.6 Å². The molecule has 0 aromatic heterocycles. The lowest BCUT2D eigenvalue weighted by atomic mass is 9.85. The van der Waals surface area contributed by atoms with E-state index in [-0.39, 0.29) is 29.9 Å². The van der Waals surface area contributed by atoms with E-state index in [9.17, 15) is 9.59 Å². The van der Waals surface area contributed by atoms with Gasteiger partial charge in [0.05, 0.1) is 12.7 Å². The van der Waals surface area contributed by atoms with Crippen LogP contribution < -0.4 is 10.6 Å².